The second-order valence-corrected chi connectivity index (χ2v) is 5.62. The summed E-state index contributed by atoms with van der Waals surface area (Å²) in [7, 11) is 0. The molecule has 0 bridgehead atoms. The molecule has 3 rings (SSSR count). The maximum absolute atomic E-state index is 12.4. The van der Waals surface area contributed by atoms with Crippen molar-refractivity contribution < 1.29 is 0 Å². The van der Waals surface area contributed by atoms with Crippen molar-refractivity contribution in [3.63, 3.8) is 0 Å². The molecule has 2 heterocycles. The normalized spacial score (nSPS) is 25.4. The molecule has 0 aromatic carbocycles. The Labute approximate surface area is 101 Å². The number of anilines is 1. The Morgan fingerprint density at radius 2 is 2.00 bits per heavy atom. The van der Waals surface area contributed by atoms with Crippen LogP contribution in [0.2, 0.25) is 0 Å². The van der Waals surface area contributed by atoms with Crippen molar-refractivity contribution >= 4 is 5.82 Å². The Balaban J connectivity index is 1.93. The molecule has 1 aliphatic carbocycles. The molecule has 0 unspecified atom stereocenters. The lowest BCUT2D eigenvalue weighted by Gasteiger charge is -2.21. The highest BCUT2D eigenvalue weighted by atomic mass is 16.1. The molecule has 0 saturated heterocycles. The SMILES string of the molecule is C[C@@H]1CNc2[nH]n(C3CCCCC3)c(=O)c2C1. The highest BCUT2D eigenvalue weighted by Crippen LogP contribution is 2.28. The fourth-order valence-electron chi connectivity index (χ4n) is 3.12. The molecule has 1 aromatic rings. The fourth-order valence-corrected chi connectivity index (χ4v) is 3.12. The van der Waals surface area contributed by atoms with Gasteiger partial charge in [-0.3, -0.25) is 9.89 Å². The van der Waals surface area contributed by atoms with Crippen LogP contribution in [-0.2, 0) is 6.42 Å². The van der Waals surface area contributed by atoms with Crippen LogP contribution >= 0.6 is 0 Å². The van der Waals surface area contributed by atoms with Crippen molar-refractivity contribution in [3.05, 3.63) is 15.9 Å². The Hall–Kier alpha value is -1.19. The zero-order chi connectivity index (χ0) is 11.8. The first-order valence-electron chi connectivity index (χ1n) is 6.83. The van der Waals surface area contributed by atoms with Crippen LogP contribution in [0.25, 0.3) is 0 Å². The summed E-state index contributed by atoms with van der Waals surface area (Å²) in [6.07, 6.45) is 7.04. The van der Waals surface area contributed by atoms with E-state index in [-0.39, 0.29) is 5.56 Å². The summed E-state index contributed by atoms with van der Waals surface area (Å²) in [5, 5.41) is 6.62. The molecule has 0 amide bonds. The summed E-state index contributed by atoms with van der Waals surface area (Å²) in [4.78, 5) is 12.4. The summed E-state index contributed by atoms with van der Waals surface area (Å²) in [6.45, 7) is 3.16. The number of hydrogen-bond acceptors (Lipinski definition) is 2. The molecule has 17 heavy (non-hydrogen) atoms. The lowest BCUT2D eigenvalue weighted by atomic mass is 9.95. The second kappa shape index (κ2) is 4.24. The molecule has 1 saturated carbocycles. The Kier molecular flexibility index (Phi) is 2.73. The van der Waals surface area contributed by atoms with Crippen LogP contribution in [0.1, 0.15) is 50.6 Å². The van der Waals surface area contributed by atoms with E-state index in [9.17, 15) is 4.79 Å². The third-order valence-corrected chi connectivity index (χ3v) is 4.13. The number of nitrogens with one attached hydrogen (secondary N) is 2. The van der Waals surface area contributed by atoms with Gasteiger partial charge < -0.3 is 5.32 Å². The predicted octanol–water partition coefficient (Wildman–Crippen LogP) is 2.29. The monoisotopic (exact) mass is 235 g/mol. The molecular formula is C13H21N3O. The van der Waals surface area contributed by atoms with Gasteiger partial charge in [0.05, 0.1) is 11.6 Å². The number of hydrogen-bond donors (Lipinski definition) is 2. The van der Waals surface area contributed by atoms with Gasteiger partial charge in [-0.25, -0.2) is 4.68 Å². The molecule has 1 aliphatic heterocycles. The highest BCUT2D eigenvalue weighted by molar-refractivity contribution is 5.45. The van der Waals surface area contributed by atoms with Crippen molar-refractivity contribution in [2.45, 2.75) is 51.5 Å². The highest BCUT2D eigenvalue weighted by Gasteiger charge is 2.25. The third-order valence-electron chi connectivity index (χ3n) is 4.13. The minimum atomic E-state index is 0.214. The van der Waals surface area contributed by atoms with E-state index >= 15 is 0 Å². The van der Waals surface area contributed by atoms with Crippen LogP contribution in [0, 0.1) is 5.92 Å². The van der Waals surface area contributed by atoms with Crippen LogP contribution in [-0.4, -0.2) is 16.3 Å². The number of aromatic nitrogens is 2. The summed E-state index contributed by atoms with van der Waals surface area (Å²) in [6, 6.07) is 0.402. The first-order valence-corrected chi connectivity index (χ1v) is 6.83. The standard InChI is InChI=1S/C13H21N3O/c1-9-7-11-12(14-8-9)15-16(13(11)17)10-5-3-2-4-6-10/h9-10,14-15H,2-8H2,1H3/t9-/m0/s1. The predicted molar refractivity (Wildman–Crippen MR) is 68.5 cm³/mol. The van der Waals surface area contributed by atoms with Gasteiger partial charge in [-0.05, 0) is 25.2 Å². The summed E-state index contributed by atoms with van der Waals surface area (Å²) in [5.74, 6) is 1.53. The van der Waals surface area contributed by atoms with Gasteiger partial charge in [0.1, 0.15) is 5.82 Å². The van der Waals surface area contributed by atoms with Crippen LogP contribution in [0.4, 0.5) is 5.82 Å². The zero-order valence-corrected chi connectivity index (χ0v) is 10.5. The first kappa shape index (κ1) is 10.9. The molecule has 1 aromatic heterocycles. The number of rotatable bonds is 1. The van der Waals surface area contributed by atoms with Crippen molar-refractivity contribution in [3.8, 4) is 0 Å². The van der Waals surface area contributed by atoms with Gasteiger partial charge in [-0.2, -0.15) is 0 Å². The lowest BCUT2D eigenvalue weighted by molar-refractivity contribution is 0.323. The van der Waals surface area contributed by atoms with Crippen LogP contribution in [0.5, 0.6) is 0 Å². The molecule has 4 nitrogen and oxygen atoms in total. The summed E-state index contributed by atoms with van der Waals surface area (Å²) < 4.78 is 1.88. The van der Waals surface area contributed by atoms with Crippen molar-refractivity contribution in [1.29, 1.82) is 0 Å². The molecule has 1 fully saturated rings. The quantitative estimate of drug-likeness (QED) is 0.784. The smallest absolute Gasteiger partial charge is 0.272 e. The summed E-state index contributed by atoms with van der Waals surface area (Å²) in [5.41, 5.74) is 1.18. The van der Waals surface area contributed by atoms with Crippen molar-refractivity contribution in [2.24, 2.45) is 5.92 Å². The van der Waals surface area contributed by atoms with Gasteiger partial charge in [0.25, 0.3) is 5.56 Å². The molecule has 4 heteroatoms. The number of H-pyrrole nitrogens is 1. The van der Waals surface area contributed by atoms with E-state index in [1.807, 2.05) is 4.68 Å². The van der Waals surface area contributed by atoms with Gasteiger partial charge in [0.15, 0.2) is 0 Å². The Morgan fingerprint density at radius 1 is 1.24 bits per heavy atom. The summed E-state index contributed by atoms with van der Waals surface area (Å²) >= 11 is 0. The van der Waals surface area contributed by atoms with E-state index in [2.05, 4.69) is 17.3 Å². The van der Waals surface area contributed by atoms with Gasteiger partial charge in [-0.1, -0.05) is 26.2 Å². The maximum atomic E-state index is 12.4. The second-order valence-electron chi connectivity index (χ2n) is 5.62. The van der Waals surface area contributed by atoms with Crippen LogP contribution in [0.15, 0.2) is 4.79 Å². The largest absolute Gasteiger partial charge is 0.370 e. The maximum Gasteiger partial charge on any atom is 0.272 e. The molecule has 2 aliphatic rings. The van der Waals surface area contributed by atoms with Gasteiger partial charge in [0.2, 0.25) is 0 Å². The minimum Gasteiger partial charge on any atom is -0.370 e. The molecule has 1 atom stereocenters. The van der Waals surface area contributed by atoms with E-state index in [4.69, 9.17) is 0 Å². The lowest BCUT2D eigenvalue weighted by Crippen LogP contribution is -2.27. The Bertz CT molecular complexity index is 454. The molecular weight excluding hydrogens is 214 g/mol. The van der Waals surface area contributed by atoms with E-state index in [0.717, 1.165) is 37.2 Å². The topological polar surface area (TPSA) is 49.8 Å². The van der Waals surface area contributed by atoms with Crippen LogP contribution < -0.4 is 10.9 Å². The zero-order valence-electron chi connectivity index (χ0n) is 10.5. The minimum absolute atomic E-state index is 0.214. The van der Waals surface area contributed by atoms with Gasteiger partial charge >= 0.3 is 0 Å². The molecule has 0 spiro atoms. The number of nitrogens with zero attached hydrogens (tertiary/aromatic N) is 1. The van der Waals surface area contributed by atoms with E-state index in [1.54, 1.807) is 0 Å². The first-order chi connectivity index (χ1) is 8.25. The van der Waals surface area contributed by atoms with Crippen molar-refractivity contribution in [2.75, 3.05) is 11.9 Å². The van der Waals surface area contributed by atoms with Crippen LogP contribution in [0.3, 0.4) is 0 Å². The molecule has 94 valence electrons. The number of aromatic amines is 1. The van der Waals surface area contributed by atoms with E-state index in [0.29, 0.717) is 12.0 Å². The third kappa shape index (κ3) is 1.90. The average molecular weight is 235 g/mol. The average Bonchev–Trinajstić information content (AvgIpc) is 2.68. The molecule has 2 N–H and O–H groups in total. The van der Waals surface area contributed by atoms with Gasteiger partial charge in [-0.15, -0.1) is 0 Å². The fraction of sp³-hybridized carbons (Fsp3) is 0.769. The molecule has 0 radical (unpaired) electrons. The van der Waals surface area contributed by atoms with Crippen molar-refractivity contribution in [1.82, 2.24) is 9.78 Å². The number of fused-ring (bicyclic) bond motifs is 1. The van der Waals surface area contributed by atoms with Gasteiger partial charge in [0, 0.05) is 6.54 Å². The Morgan fingerprint density at radius 3 is 2.76 bits per heavy atom. The van der Waals surface area contributed by atoms with E-state index < -0.39 is 0 Å². The van der Waals surface area contributed by atoms with E-state index in [1.165, 1.54) is 19.3 Å².